The van der Waals surface area contributed by atoms with Crippen molar-refractivity contribution in [3.8, 4) is 18.0 Å². The molecule has 3 saturated heterocycles. The third kappa shape index (κ3) is 3.95. The second-order valence-electron chi connectivity index (χ2n) is 8.27. The number of hydrogen-bond acceptors (Lipinski definition) is 9. The second kappa shape index (κ2) is 6.15. The number of ether oxygens (including phenoxy) is 6. The summed E-state index contributed by atoms with van der Waals surface area (Å²) in [6, 6.07) is 0.427. The molecule has 3 aliphatic rings. The fourth-order valence-electron chi connectivity index (χ4n) is 2.70. The Morgan fingerprint density at radius 3 is 1.04 bits per heavy atom. The number of aromatic nitrogens is 3. The molecule has 0 amide bonds. The van der Waals surface area contributed by atoms with Crippen molar-refractivity contribution in [2.24, 2.45) is 0 Å². The first-order valence-electron chi connectivity index (χ1n) is 9.30. The molecule has 0 radical (unpaired) electrons. The summed E-state index contributed by atoms with van der Waals surface area (Å²) < 4.78 is 33.7. The third-order valence-corrected chi connectivity index (χ3v) is 5.78. The molecule has 27 heavy (non-hydrogen) atoms. The molecule has 3 aliphatic heterocycles. The van der Waals surface area contributed by atoms with E-state index in [9.17, 15) is 0 Å². The van der Waals surface area contributed by atoms with Gasteiger partial charge in [0.1, 0.15) is 36.6 Å². The van der Waals surface area contributed by atoms with Gasteiger partial charge in [-0.05, 0) is 41.5 Å². The minimum absolute atomic E-state index is 0.142. The van der Waals surface area contributed by atoms with Crippen molar-refractivity contribution in [2.45, 2.75) is 76.7 Å². The van der Waals surface area contributed by atoms with Gasteiger partial charge in [0.2, 0.25) is 0 Å². The molecule has 0 bridgehead atoms. The Hall–Kier alpha value is -1.71. The second-order valence-corrected chi connectivity index (χ2v) is 8.27. The molecule has 1 aromatic rings. The van der Waals surface area contributed by atoms with Crippen LogP contribution in [0, 0.1) is 0 Å². The molecular formula is C18H27N3O6. The highest BCUT2D eigenvalue weighted by molar-refractivity contribution is 5.12. The molecule has 0 aromatic carbocycles. The Morgan fingerprint density at radius 2 is 0.852 bits per heavy atom. The van der Waals surface area contributed by atoms with E-state index in [0.717, 1.165) is 0 Å². The highest BCUT2D eigenvalue weighted by atomic mass is 16.7. The third-order valence-electron chi connectivity index (χ3n) is 5.78. The first kappa shape index (κ1) is 18.6. The minimum Gasteiger partial charge on any atom is -0.460 e. The first-order valence-corrected chi connectivity index (χ1v) is 9.30. The van der Waals surface area contributed by atoms with Crippen LogP contribution in [-0.4, -0.2) is 69.9 Å². The SMILES string of the molecule is CC1OC1(C)COc1nc(OCC2(C)OC2C)nc(OCC2(C)OC2C)n1. The average molecular weight is 381 g/mol. The summed E-state index contributed by atoms with van der Waals surface area (Å²) in [6.45, 7) is 12.9. The largest absolute Gasteiger partial charge is 0.460 e. The summed E-state index contributed by atoms with van der Waals surface area (Å²) in [6.07, 6.45) is 0.438. The summed E-state index contributed by atoms with van der Waals surface area (Å²) in [7, 11) is 0. The van der Waals surface area contributed by atoms with Crippen LogP contribution in [0.4, 0.5) is 0 Å². The van der Waals surface area contributed by atoms with E-state index in [4.69, 9.17) is 28.4 Å². The van der Waals surface area contributed by atoms with Gasteiger partial charge in [-0.2, -0.15) is 0 Å². The van der Waals surface area contributed by atoms with Crippen LogP contribution in [-0.2, 0) is 14.2 Å². The number of nitrogens with zero attached hydrogens (tertiary/aromatic N) is 3. The normalized spacial score (nSPS) is 41.8. The van der Waals surface area contributed by atoms with Crippen LogP contribution in [0.15, 0.2) is 0 Å². The standard InChI is InChI=1S/C18H27N3O6/c1-10-16(4,25-10)7-22-13-19-14(23-8-17(5)11(2)26-17)21-15(20-13)24-9-18(6)12(3)27-18/h10-12H,7-9H2,1-6H3. The summed E-state index contributed by atoms with van der Waals surface area (Å²) >= 11 is 0. The Labute approximate surface area is 158 Å². The van der Waals surface area contributed by atoms with E-state index >= 15 is 0 Å². The van der Waals surface area contributed by atoms with Crippen molar-refractivity contribution < 1.29 is 28.4 Å². The molecule has 0 aliphatic carbocycles. The maximum Gasteiger partial charge on any atom is 0.325 e. The number of hydrogen-bond donors (Lipinski definition) is 0. The lowest BCUT2D eigenvalue weighted by Gasteiger charge is -2.13. The summed E-state index contributed by atoms with van der Waals surface area (Å²) in [5.41, 5.74) is -0.946. The van der Waals surface area contributed by atoms with E-state index in [-0.39, 0.29) is 53.1 Å². The van der Waals surface area contributed by atoms with Gasteiger partial charge in [-0.15, -0.1) is 15.0 Å². The molecule has 0 saturated carbocycles. The zero-order chi connectivity index (χ0) is 19.4. The molecule has 1 aromatic heterocycles. The van der Waals surface area contributed by atoms with Crippen molar-refractivity contribution in [1.82, 2.24) is 15.0 Å². The molecular weight excluding hydrogens is 354 g/mol. The molecule has 150 valence electrons. The number of rotatable bonds is 9. The molecule has 4 rings (SSSR count). The monoisotopic (exact) mass is 381 g/mol. The molecule has 9 heteroatoms. The van der Waals surface area contributed by atoms with Crippen LogP contribution in [0.3, 0.4) is 0 Å². The van der Waals surface area contributed by atoms with Crippen LogP contribution in [0.25, 0.3) is 0 Å². The molecule has 0 N–H and O–H groups in total. The van der Waals surface area contributed by atoms with E-state index in [2.05, 4.69) is 15.0 Å². The van der Waals surface area contributed by atoms with E-state index < -0.39 is 0 Å². The molecule has 0 spiro atoms. The molecule has 9 nitrogen and oxygen atoms in total. The van der Waals surface area contributed by atoms with Gasteiger partial charge in [-0.3, -0.25) is 0 Å². The van der Waals surface area contributed by atoms with Gasteiger partial charge in [0.25, 0.3) is 0 Å². The van der Waals surface area contributed by atoms with Crippen molar-refractivity contribution in [2.75, 3.05) is 19.8 Å². The molecule has 3 fully saturated rings. The van der Waals surface area contributed by atoms with Crippen LogP contribution in [0.5, 0.6) is 18.0 Å². The van der Waals surface area contributed by atoms with Crippen LogP contribution in [0.2, 0.25) is 0 Å². The molecule has 6 atom stereocenters. The average Bonchev–Trinajstić information content (AvgIpc) is 3.53. The van der Waals surface area contributed by atoms with Gasteiger partial charge < -0.3 is 28.4 Å². The van der Waals surface area contributed by atoms with Gasteiger partial charge in [-0.1, -0.05) is 0 Å². The Morgan fingerprint density at radius 1 is 0.630 bits per heavy atom. The zero-order valence-corrected chi connectivity index (χ0v) is 16.6. The summed E-state index contributed by atoms with van der Waals surface area (Å²) in [5, 5.41) is 0. The predicted octanol–water partition coefficient (Wildman–Crippen LogP) is 1.54. The zero-order valence-electron chi connectivity index (χ0n) is 16.6. The minimum atomic E-state index is -0.315. The fraction of sp³-hybridized carbons (Fsp3) is 0.833. The van der Waals surface area contributed by atoms with E-state index in [1.54, 1.807) is 0 Å². The summed E-state index contributed by atoms with van der Waals surface area (Å²) in [4.78, 5) is 12.7. The number of epoxide rings is 3. The first-order chi connectivity index (χ1) is 12.6. The van der Waals surface area contributed by atoms with Crippen LogP contribution in [0.1, 0.15) is 41.5 Å². The van der Waals surface area contributed by atoms with Crippen molar-refractivity contribution in [3.63, 3.8) is 0 Å². The van der Waals surface area contributed by atoms with Gasteiger partial charge in [0.05, 0.1) is 18.3 Å². The quantitative estimate of drug-likeness (QED) is 0.589. The van der Waals surface area contributed by atoms with Gasteiger partial charge in [-0.25, -0.2) is 0 Å². The topological polar surface area (TPSA) is 104 Å². The Bertz CT molecular complexity index is 628. The Balaban J connectivity index is 1.43. The van der Waals surface area contributed by atoms with E-state index in [1.807, 2.05) is 41.5 Å². The van der Waals surface area contributed by atoms with Crippen LogP contribution < -0.4 is 14.2 Å². The molecule has 6 unspecified atom stereocenters. The van der Waals surface area contributed by atoms with E-state index in [1.165, 1.54) is 0 Å². The predicted molar refractivity (Wildman–Crippen MR) is 93.2 cm³/mol. The van der Waals surface area contributed by atoms with Gasteiger partial charge in [0.15, 0.2) is 0 Å². The van der Waals surface area contributed by atoms with Crippen LogP contribution >= 0.6 is 0 Å². The highest BCUT2D eigenvalue weighted by Crippen LogP contribution is 2.38. The smallest absolute Gasteiger partial charge is 0.325 e. The van der Waals surface area contributed by atoms with Crippen molar-refractivity contribution in [1.29, 1.82) is 0 Å². The maximum absolute atomic E-state index is 5.71. The van der Waals surface area contributed by atoms with Gasteiger partial charge >= 0.3 is 18.0 Å². The Kier molecular flexibility index (Phi) is 4.25. The lowest BCUT2D eigenvalue weighted by atomic mass is 10.1. The maximum atomic E-state index is 5.71. The van der Waals surface area contributed by atoms with E-state index in [0.29, 0.717) is 19.8 Å². The molecule has 4 heterocycles. The van der Waals surface area contributed by atoms with Crippen molar-refractivity contribution >= 4 is 0 Å². The van der Waals surface area contributed by atoms with Gasteiger partial charge in [0, 0.05) is 0 Å². The highest BCUT2D eigenvalue weighted by Gasteiger charge is 2.51. The lowest BCUT2D eigenvalue weighted by Crippen LogP contribution is -2.23. The van der Waals surface area contributed by atoms with Crippen molar-refractivity contribution in [3.05, 3.63) is 0 Å². The lowest BCUT2D eigenvalue weighted by molar-refractivity contribution is 0.159. The summed E-state index contributed by atoms with van der Waals surface area (Å²) in [5.74, 6) is 0. The fourth-order valence-corrected chi connectivity index (χ4v) is 2.70.